The molecule has 164 valence electrons. The summed E-state index contributed by atoms with van der Waals surface area (Å²) < 4.78 is 7.12. The smallest absolute Gasteiger partial charge is 0.279 e. The first-order valence-corrected chi connectivity index (χ1v) is 10.4. The summed E-state index contributed by atoms with van der Waals surface area (Å²) in [6, 6.07) is 21.1. The second-order valence-electron chi connectivity index (χ2n) is 7.73. The van der Waals surface area contributed by atoms with Crippen molar-refractivity contribution in [2.24, 2.45) is 0 Å². The highest BCUT2D eigenvalue weighted by Gasteiger charge is 2.29. The van der Waals surface area contributed by atoms with E-state index in [-0.39, 0.29) is 5.56 Å². The zero-order valence-corrected chi connectivity index (χ0v) is 17.7. The quantitative estimate of drug-likeness (QED) is 0.477. The van der Waals surface area contributed by atoms with E-state index >= 15 is 0 Å². The van der Waals surface area contributed by atoms with Crippen molar-refractivity contribution in [3.63, 3.8) is 0 Å². The highest BCUT2D eigenvalue weighted by molar-refractivity contribution is 5.96. The Labute approximate surface area is 188 Å². The topological polar surface area (TPSA) is 102 Å². The van der Waals surface area contributed by atoms with Gasteiger partial charge in [-0.1, -0.05) is 30.3 Å². The number of benzene rings is 3. The van der Waals surface area contributed by atoms with Crippen molar-refractivity contribution in [3.05, 3.63) is 100 Å². The molecule has 0 radical (unpaired) electrons. The van der Waals surface area contributed by atoms with Gasteiger partial charge in [-0.05, 0) is 55.0 Å². The van der Waals surface area contributed by atoms with E-state index in [0.29, 0.717) is 40.1 Å². The van der Waals surface area contributed by atoms with Crippen LogP contribution in [-0.4, -0.2) is 27.5 Å². The molecule has 1 unspecified atom stereocenters. The van der Waals surface area contributed by atoms with Crippen LogP contribution in [0.4, 0.5) is 0 Å². The molecule has 3 aromatic carbocycles. The lowest BCUT2D eigenvalue weighted by Gasteiger charge is -2.13. The van der Waals surface area contributed by atoms with Crippen LogP contribution in [0.25, 0.3) is 16.6 Å². The molecule has 2 heterocycles. The molecule has 2 N–H and O–H groups in total. The molecular weight excluding hydrogens is 420 g/mol. The minimum Gasteiger partial charge on any atom is -0.480 e. The van der Waals surface area contributed by atoms with E-state index in [9.17, 15) is 14.4 Å². The zero-order valence-electron chi connectivity index (χ0n) is 17.7. The minimum absolute atomic E-state index is 0.180. The fourth-order valence-corrected chi connectivity index (χ4v) is 3.91. The van der Waals surface area contributed by atoms with Crippen LogP contribution in [0.3, 0.4) is 0 Å². The molecule has 33 heavy (non-hydrogen) atoms. The third-order valence-corrected chi connectivity index (χ3v) is 5.57. The molecule has 4 aromatic rings. The molecule has 8 nitrogen and oxygen atoms in total. The fraction of sp³-hybridized carbons (Fsp3) is 0.120. The Hall–Kier alpha value is -4.46. The molecule has 1 atom stereocenters. The van der Waals surface area contributed by atoms with Gasteiger partial charge in [-0.2, -0.15) is 0 Å². The summed E-state index contributed by atoms with van der Waals surface area (Å²) in [6.07, 6.45) is -0.249. The molecule has 0 saturated carbocycles. The molecule has 0 saturated heterocycles. The lowest BCUT2D eigenvalue weighted by atomic mass is 10.1. The molecule has 0 bridgehead atoms. The lowest BCUT2D eigenvalue weighted by molar-refractivity contribution is -0.128. The van der Waals surface area contributed by atoms with Crippen LogP contribution in [-0.2, 0) is 11.2 Å². The van der Waals surface area contributed by atoms with Crippen LogP contribution in [0.15, 0.2) is 77.6 Å². The second kappa shape index (κ2) is 8.23. The number of aryl methyl sites for hydroxylation is 1. The Morgan fingerprint density at radius 3 is 2.48 bits per heavy atom. The van der Waals surface area contributed by atoms with Gasteiger partial charge in [0.25, 0.3) is 17.4 Å². The summed E-state index contributed by atoms with van der Waals surface area (Å²) in [5.74, 6) is 0.306. The van der Waals surface area contributed by atoms with Crippen molar-refractivity contribution in [2.45, 2.75) is 19.4 Å². The van der Waals surface area contributed by atoms with Crippen molar-refractivity contribution in [1.82, 2.24) is 20.4 Å². The SMILES string of the molecule is Cc1nc2ccccc2c(=O)n1-c1ccc(C(=O)NNC(=O)C2Cc3ccccc3O2)cc1. The molecule has 8 heteroatoms. The van der Waals surface area contributed by atoms with Gasteiger partial charge in [-0.3, -0.25) is 29.8 Å². The highest BCUT2D eigenvalue weighted by atomic mass is 16.5. The predicted octanol–water partition coefficient (Wildman–Crippen LogP) is 2.46. The number of hydrazine groups is 1. The number of rotatable bonds is 3. The van der Waals surface area contributed by atoms with Crippen LogP contribution < -0.4 is 21.1 Å². The predicted molar refractivity (Wildman–Crippen MR) is 122 cm³/mol. The monoisotopic (exact) mass is 440 g/mol. The Morgan fingerprint density at radius 2 is 1.70 bits per heavy atom. The number of hydrogen-bond donors (Lipinski definition) is 2. The van der Waals surface area contributed by atoms with Crippen LogP contribution in [0.1, 0.15) is 21.7 Å². The third-order valence-electron chi connectivity index (χ3n) is 5.57. The first kappa shape index (κ1) is 20.4. The molecule has 1 aliphatic rings. The third kappa shape index (κ3) is 3.82. The van der Waals surface area contributed by atoms with Gasteiger partial charge >= 0.3 is 0 Å². The molecule has 1 aliphatic heterocycles. The number of carbonyl (C=O) groups is 2. The summed E-state index contributed by atoms with van der Waals surface area (Å²) >= 11 is 0. The van der Waals surface area contributed by atoms with Gasteiger partial charge in [-0.15, -0.1) is 0 Å². The maximum absolute atomic E-state index is 12.9. The molecule has 2 amide bonds. The van der Waals surface area contributed by atoms with Gasteiger partial charge in [-0.25, -0.2) is 4.98 Å². The summed E-state index contributed by atoms with van der Waals surface area (Å²) in [4.78, 5) is 42.3. The van der Waals surface area contributed by atoms with E-state index < -0.39 is 17.9 Å². The average Bonchev–Trinajstić information content (AvgIpc) is 3.27. The summed E-state index contributed by atoms with van der Waals surface area (Å²) in [5.41, 5.74) is 7.15. The van der Waals surface area contributed by atoms with Crippen molar-refractivity contribution < 1.29 is 14.3 Å². The van der Waals surface area contributed by atoms with Gasteiger partial charge in [0.15, 0.2) is 6.10 Å². The molecule has 0 fully saturated rings. The number of fused-ring (bicyclic) bond motifs is 2. The minimum atomic E-state index is -0.694. The maximum atomic E-state index is 12.9. The number of hydrogen-bond acceptors (Lipinski definition) is 5. The number of nitrogens with zero attached hydrogens (tertiary/aromatic N) is 2. The van der Waals surface area contributed by atoms with Crippen LogP contribution in [0, 0.1) is 6.92 Å². The van der Waals surface area contributed by atoms with E-state index in [0.717, 1.165) is 5.56 Å². The summed E-state index contributed by atoms with van der Waals surface area (Å²) in [6.45, 7) is 1.76. The van der Waals surface area contributed by atoms with Gasteiger partial charge in [0, 0.05) is 12.0 Å². The Kier molecular flexibility index (Phi) is 5.10. The average molecular weight is 440 g/mol. The zero-order chi connectivity index (χ0) is 22.9. The van der Waals surface area contributed by atoms with Gasteiger partial charge in [0.05, 0.1) is 16.6 Å². The van der Waals surface area contributed by atoms with E-state index in [1.807, 2.05) is 24.3 Å². The molecular formula is C25H20N4O4. The number of amides is 2. The van der Waals surface area contributed by atoms with Gasteiger partial charge < -0.3 is 4.74 Å². The highest BCUT2D eigenvalue weighted by Crippen LogP contribution is 2.28. The van der Waals surface area contributed by atoms with E-state index in [1.165, 1.54) is 4.57 Å². The summed E-state index contributed by atoms with van der Waals surface area (Å²) in [7, 11) is 0. The number of carbonyl (C=O) groups excluding carboxylic acids is 2. The molecule has 0 spiro atoms. The number of para-hydroxylation sites is 2. The first-order valence-electron chi connectivity index (χ1n) is 10.4. The van der Waals surface area contributed by atoms with Crippen molar-refractivity contribution in [3.8, 4) is 11.4 Å². The standard InChI is InChI=1S/C25H20N4O4/c1-15-26-20-8-4-3-7-19(20)25(32)29(15)18-12-10-16(11-13-18)23(30)27-28-24(31)22-14-17-6-2-5-9-21(17)33-22/h2-13,22H,14H2,1H3,(H,27,30)(H,28,31). The second-order valence-corrected chi connectivity index (χ2v) is 7.73. The largest absolute Gasteiger partial charge is 0.480 e. The van der Waals surface area contributed by atoms with E-state index in [4.69, 9.17) is 4.74 Å². The number of nitrogens with one attached hydrogen (secondary N) is 2. The van der Waals surface area contributed by atoms with E-state index in [1.54, 1.807) is 55.5 Å². The van der Waals surface area contributed by atoms with Crippen LogP contribution in [0.2, 0.25) is 0 Å². The Balaban J connectivity index is 1.27. The van der Waals surface area contributed by atoms with Crippen molar-refractivity contribution in [1.29, 1.82) is 0 Å². The Bertz CT molecular complexity index is 1420. The Morgan fingerprint density at radius 1 is 0.970 bits per heavy atom. The lowest BCUT2D eigenvalue weighted by Crippen LogP contribution is -2.47. The normalized spacial score (nSPS) is 14.4. The fourth-order valence-electron chi connectivity index (χ4n) is 3.91. The molecule has 0 aliphatic carbocycles. The van der Waals surface area contributed by atoms with Gasteiger partial charge in [0.1, 0.15) is 11.6 Å². The van der Waals surface area contributed by atoms with Crippen LogP contribution in [0.5, 0.6) is 5.75 Å². The number of aromatic nitrogens is 2. The van der Waals surface area contributed by atoms with E-state index in [2.05, 4.69) is 15.8 Å². The summed E-state index contributed by atoms with van der Waals surface area (Å²) in [5, 5.41) is 0.518. The van der Waals surface area contributed by atoms with Crippen molar-refractivity contribution >= 4 is 22.7 Å². The first-order chi connectivity index (χ1) is 16.0. The van der Waals surface area contributed by atoms with Gasteiger partial charge in [0.2, 0.25) is 0 Å². The number of ether oxygens (including phenoxy) is 1. The molecule has 5 rings (SSSR count). The maximum Gasteiger partial charge on any atom is 0.279 e. The van der Waals surface area contributed by atoms with Crippen LogP contribution >= 0.6 is 0 Å². The molecule has 1 aromatic heterocycles. The van der Waals surface area contributed by atoms with Crippen molar-refractivity contribution in [2.75, 3.05) is 0 Å².